The molecule has 0 radical (unpaired) electrons. The topological polar surface area (TPSA) is 72.0 Å². The lowest BCUT2D eigenvalue weighted by molar-refractivity contribution is -0.137. The van der Waals surface area contributed by atoms with Crippen LogP contribution in [0.1, 0.15) is 35.4 Å². The molecule has 0 bridgehead atoms. The second-order valence-corrected chi connectivity index (χ2v) is 10.6. The molecule has 0 amide bonds. The zero-order valence-electron chi connectivity index (χ0n) is 22.7. The van der Waals surface area contributed by atoms with Crippen molar-refractivity contribution in [3.8, 4) is 11.5 Å². The number of hydrogen-bond donors (Lipinski definition) is 1. The van der Waals surface area contributed by atoms with Gasteiger partial charge in [0.15, 0.2) is 5.82 Å². The van der Waals surface area contributed by atoms with Crippen molar-refractivity contribution < 1.29 is 17.7 Å². The second kappa shape index (κ2) is 11.4. The lowest BCUT2D eigenvalue weighted by atomic mass is 10.0. The number of alkyl halides is 3. The van der Waals surface area contributed by atoms with Crippen LogP contribution in [-0.4, -0.2) is 50.3 Å². The Morgan fingerprint density at radius 1 is 0.902 bits per heavy atom. The number of halogens is 3. The number of piperidine rings is 1. The first-order valence-electron chi connectivity index (χ1n) is 13.8. The van der Waals surface area contributed by atoms with Crippen molar-refractivity contribution in [1.82, 2.24) is 24.6 Å². The summed E-state index contributed by atoms with van der Waals surface area (Å²) in [5.41, 5.74) is 4.15. The van der Waals surface area contributed by atoms with Crippen LogP contribution in [0.4, 0.5) is 19.1 Å². The van der Waals surface area contributed by atoms with E-state index in [0.29, 0.717) is 18.3 Å². The molecule has 0 atom stereocenters. The smallest absolute Gasteiger partial charge is 0.353 e. The van der Waals surface area contributed by atoms with Crippen LogP contribution in [0, 0.1) is 6.92 Å². The predicted octanol–water partition coefficient (Wildman–Crippen LogP) is 6.58. The third kappa shape index (κ3) is 6.27. The Bertz CT molecular complexity index is 1600. The molecular formula is C31H31F3N6O. The highest BCUT2D eigenvalue weighted by Crippen LogP contribution is 2.30. The maximum Gasteiger partial charge on any atom is 0.416 e. The van der Waals surface area contributed by atoms with Crippen LogP contribution >= 0.6 is 0 Å². The van der Waals surface area contributed by atoms with Gasteiger partial charge < -0.3 is 19.3 Å². The zero-order chi connectivity index (χ0) is 28.4. The van der Waals surface area contributed by atoms with Crippen molar-refractivity contribution in [1.29, 1.82) is 0 Å². The number of nitrogens with zero attached hydrogens (tertiary/aromatic N) is 5. The highest BCUT2D eigenvalue weighted by molar-refractivity contribution is 5.78. The van der Waals surface area contributed by atoms with Gasteiger partial charge in [-0.3, -0.25) is 0 Å². The Hall–Kier alpha value is -4.18. The van der Waals surface area contributed by atoms with E-state index in [2.05, 4.69) is 37.1 Å². The first-order valence-corrected chi connectivity index (χ1v) is 13.8. The SMILES string of the molecule is Cc1noc(-c2ccc(CCN3CCC(Nc4nc5ccccc5n4Cc4ccc(C(F)(F)F)cc4)CC3)cc2)n1. The first-order chi connectivity index (χ1) is 19.8. The number of hydrogen-bond acceptors (Lipinski definition) is 6. The summed E-state index contributed by atoms with van der Waals surface area (Å²) in [7, 11) is 0. The van der Waals surface area contributed by atoms with Gasteiger partial charge in [0, 0.05) is 31.2 Å². The molecule has 1 aliphatic heterocycles. The molecule has 212 valence electrons. The number of imidazole rings is 1. The number of nitrogens with one attached hydrogen (secondary N) is 1. The van der Waals surface area contributed by atoms with Gasteiger partial charge in [-0.05, 0) is 73.7 Å². The average Bonchev–Trinajstić information content (AvgIpc) is 3.56. The summed E-state index contributed by atoms with van der Waals surface area (Å²) in [6.07, 6.45) is -1.41. The van der Waals surface area contributed by atoms with Gasteiger partial charge in [-0.2, -0.15) is 18.2 Å². The Balaban J connectivity index is 1.06. The predicted molar refractivity (Wildman–Crippen MR) is 152 cm³/mol. The van der Waals surface area contributed by atoms with Crippen molar-refractivity contribution in [3.63, 3.8) is 0 Å². The van der Waals surface area contributed by atoms with E-state index in [1.54, 1.807) is 19.1 Å². The molecule has 1 saturated heterocycles. The molecule has 10 heteroatoms. The largest absolute Gasteiger partial charge is 0.416 e. The van der Waals surface area contributed by atoms with Crippen molar-refractivity contribution in [2.75, 3.05) is 25.0 Å². The number of para-hydroxylation sites is 2. The van der Waals surface area contributed by atoms with Crippen LogP contribution < -0.4 is 5.32 Å². The Kier molecular flexibility index (Phi) is 7.49. The van der Waals surface area contributed by atoms with Crippen molar-refractivity contribution in [2.45, 2.75) is 44.9 Å². The number of aryl methyl sites for hydroxylation is 1. The lowest BCUT2D eigenvalue weighted by Crippen LogP contribution is -2.40. The number of likely N-dealkylation sites (tertiary alicyclic amines) is 1. The minimum absolute atomic E-state index is 0.270. The minimum Gasteiger partial charge on any atom is -0.353 e. The first kappa shape index (κ1) is 27.0. The molecule has 0 spiro atoms. The van der Waals surface area contributed by atoms with Crippen LogP contribution in [0.15, 0.2) is 77.3 Å². The van der Waals surface area contributed by atoms with Gasteiger partial charge in [-0.1, -0.05) is 41.6 Å². The minimum atomic E-state index is -4.35. The quantitative estimate of drug-likeness (QED) is 0.231. The zero-order valence-corrected chi connectivity index (χ0v) is 22.7. The summed E-state index contributed by atoms with van der Waals surface area (Å²) >= 11 is 0. The van der Waals surface area contributed by atoms with Crippen LogP contribution in [0.3, 0.4) is 0 Å². The molecular weight excluding hydrogens is 529 g/mol. The van der Waals surface area contributed by atoms with Gasteiger partial charge in [0.2, 0.25) is 5.95 Å². The standard InChI is InChI=1S/C31H31F3N6O/c1-21-35-29(41-38-21)24-10-6-22(7-11-24)14-17-39-18-15-26(16-19-39)36-30-37-27-4-2-3-5-28(27)40(30)20-23-8-12-25(13-9-23)31(32,33)34/h2-13,26H,14-20H2,1H3,(H,36,37). The number of anilines is 1. The summed E-state index contributed by atoms with van der Waals surface area (Å²) in [5, 5.41) is 7.49. The molecule has 1 aliphatic rings. The maximum absolute atomic E-state index is 13.0. The lowest BCUT2D eigenvalue weighted by Gasteiger charge is -2.32. The van der Waals surface area contributed by atoms with Gasteiger partial charge in [-0.15, -0.1) is 0 Å². The number of aromatic nitrogens is 4. The van der Waals surface area contributed by atoms with E-state index in [9.17, 15) is 13.2 Å². The Labute approximate surface area is 236 Å². The molecule has 0 unspecified atom stereocenters. The van der Waals surface area contributed by atoms with E-state index in [-0.39, 0.29) is 6.04 Å². The fraction of sp³-hybridized carbons (Fsp3) is 0.323. The highest BCUT2D eigenvalue weighted by atomic mass is 19.4. The number of fused-ring (bicyclic) bond motifs is 1. The van der Waals surface area contributed by atoms with Crippen molar-refractivity contribution in [2.24, 2.45) is 0 Å². The third-order valence-electron chi connectivity index (χ3n) is 7.64. The van der Waals surface area contributed by atoms with E-state index >= 15 is 0 Å². The van der Waals surface area contributed by atoms with Crippen LogP contribution in [-0.2, 0) is 19.1 Å². The van der Waals surface area contributed by atoms with Gasteiger partial charge in [0.25, 0.3) is 5.89 Å². The van der Waals surface area contributed by atoms with E-state index < -0.39 is 11.7 Å². The summed E-state index contributed by atoms with van der Waals surface area (Å²) in [5.74, 6) is 1.91. The molecule has 0 saturated carbocycles. The van der Waals surface area contributed by atoms with E-state index in [4.69, 9.17) is 9.51 Å². The van der Waals surface area contributed by atoms with Crippen molar-refractivity contribution >= 4 is 17.0 Å². The maximum atomic E-state index is 13.0. The normalized spacial score (nSPS) is 15.0. The van der Waals surface area contributed by atoms with E-state index in [1.165, 1.54) is 5.56 Å². The van der Waals surface area contributed by atoms with Crippen LogP contribution in [0.5, 0.6) is 0 Å². The second-order valence-electron chi connectivity index (χ2n) is 10.6. The van der Waals surface area contributed by atoms with Crippen LogP contribution in [0.2, 0.25) is 0 Å². The van der Waals surface area contributed by atoms with Crippen molar-refractivity contribution in [3.05, 3.63) is 95.3 Å². The molecule has 3 heterocycles. The highest BCUT2D eigenvalue weighted by Gasteiger charge is 2.30. The molecule has 2 aromatic heterocycles. The summed E-state index contributed by atoms with van der Waals surface area (Å²) < 4.78 is 46.4. The fourth-order valence-electron chi connectivity index (χ4n) is 5.33. The van der Waals surface area contributed by atoms with Gasteiger partial charge in [0.1, 0.15) is 0 Å². The van der Waals surface area contributed by atoms with E-state index in [1.807, 2.05) is 36.4 Å². The molecule has 41 heavy (non-hydrogen) atoms. The number of benzene rings is 3. The monoisotopic (exact) mass is 560 g/mol. The van der Waals surface area contributed by atoms with Crippen LogP contribution in [0.25, 0.3) is 22.5 Å². The van der Waals surface area contributed by atoms with Gasteiger partial charge in [0.05, 0.1) is 23.1 Å². The van der Waals surface area contributed by atoms with E-state index in [0.717, 1.165) is 79.1 Å². The molecule has 1 N–H and O–H groups in total. The van der Waals surface area contributed by atoms with Gasteiger partial charge in [-0.25, -0.2) is 4.98 Å². The number of rotatable bonds is 8. The average molecular weight is 561 g/mol. The summed E-state index contributed by atoms with van der Waals surface area (Å²) in [6, 6.07) is 21.8. The Morgan fingerprint density at radius 3 is 2.29 bits per heavy atom. The molecule has 1 fully saturated rings. The molecule has 3 aromatic carbocycles. The van der Waals surface area contributed by atoms with Gasteiger partial charge >= 0.3 is 6.18 Å². The molecule has 0 aliphatic carbocycles. The Morgan fingerprint density at radius 2 is 1.61 bits per heavy atom. The summed E-state index contributed by atoms with van der Waals surface area (Å²) in [4.78, 5) is 11.6. The molecule has 5 aromatic rings. The molecule has 7 nitrogen and oxygen atoms in total. The molecule has 6 rings (SSSR count). The fourth-order valence-corrected chi connectivity index (χ4v) is 5.33. The summed E-state index contributed by atoms with van der Waals surface area (Å²) in [6.45, 7) is 5.19. The third-order valence-corrected chi connectivity index (χ3v) is 7.64.